The first-order valence-corrected chi connectivity index (χ1v) is 6.51. The Balaban J connectivity index is 2.28. The van der Waals surface area contributed by atoms with Crippen molar-refractivity contribution in [3.63, 3.8) is 0 Å². The van der Waals surface area contributed by atoms with Crippen LogP contribution in [0.1, 0.15) is 20.3 Å². The molecule has 0 amide bonds. The molecule has 0 atom stereocenters. The van der Waals surface area contributed by atoms with E-state index in [0.717, 1.165) is 0 Å². The number of hydrogen-bond acceptors (Lipinski definition) is 5. The maximum Gasteiger partial charge on any atom is 0.295 e. The first-order valence-electron chi connectivity index (χ1n) is 6.51. The summed E-state index contributed by atoms with van der Waals surface area (Å²) in [6.45, 7) is 4.04. The molecule has 2 rings (SSSR count). The van der Waals surface area contributed by atoms with Crippen molar-refractivity contribution in [3.8, 4) is 11.8 Å². The van der Waals surface area contributed by atoms with E-state index in [9.17, 15) is 10.1 Å². The van der Waals surface area contributed by atoms with Gasteiger partial charge in [-0.15, -0.1) is 0 Å². The number of hydrogen-bond donors (Lipinski definition) is 0. The van der Waals surface area contributed by atoms with Gasteiger partial charge in [-0.3, -0.25) is 10.1 Å². The number of nitro groups is 1. The third-order valence-corrected chi connectivity index (χ3v) is 3.19. The molecule has 108 valence electrons. The van der Waals surface area contributed by atoms with E-state index in [1.165, 1.54) is 12.3 Å². The largest absolute Gasteiger partial charge is 0.493 e. The first-order chi connectivity index (χ1) is 9.94. The highest BCUT2D eigenvalue weighted by molar-refractivity contribution is 5.91. The summed E-state index contributed by atoms with van der Waals surface area (Å²) in [5, 5.41) is 20.6. The molecule has 1 heterocycles. The molecule has 6 nitrogen and oxygen atoms in total. The van der Waals surface area contributed by atoms with Gasteiger partial charge in [-0.1, -0.05) is 0 Å². The topological polar surface area (TPSA) is 89.0 Å². The van der Waals surface area contributed by atoms with Gasteiger partial charge in [-0.25, -0.2) is 4.98 Å². The number of benzene rings is 1. The molecule has 0 aliphatic carbocycles. The Kier molecular flexibility index (Phi) is 4.03. The molecule has 0 N–H and O–H groups in total. The first kappa shape index (κ1) is 14.7. The smallest absolute Gasteiger partial charge is 0.295 e. The number of aromatic nitrogens is 1. The Bertz CT molecular complexity index is 720. The minimum Gasteiger partial charge on any atom is -0.493 e. The van der Waals surface area contributed by atoms with Gasteiger partial charge in [-0.05, 0) is 38.5 Å². The highest BCUT2D eigenvalue weighted by Gasteiger charge is 2.18. The minimum absolute atomic E-state index is 0.0460. The van der Waals surface area contributed by atoms with Crippen LogP contribution in [-0.2, 0) is 0 Å². The predicted molar refractivity (Wildman–Crippen MR) is 77.9 cm³/mol. The van der Waals surface area contributed by atoms with Gasteiger partial charge in [0, 0.05) is 17.6 Å². The number of nitriles is 1. The summed E-state index contributed by atoms with van der Waals surface area (Å²) < 4.78 is 5.68. The van der Waals surface area contributed by atoms with Crippen LogP contribution in [0.15, 0.2) is 30.5 Å². The Morgan fingerprint density at radius 3 is 2.86 bits per heavy atom. The second-order valence-electron chi connectivity index (χ2n) is 5.33. The molecular weight excluding hydrogens is 270 g/mol. The van der Waals surface area contributed by atoms with E-state index in [0.29, 0.717) is 29.7 Å². The highest BCUT2D eigenvalue weighted by Crippen LogP contribution is 2.31. The van der Waals surface area contributed by atoms with E-state index >= 15 is 0 Å². The van der Waals surface area contributed by atoms with Gasteiger partial charge in [0.2, 0.25) is 0 Å². The van der Waals surface area contributed by atoms with E-state index in [1.54, 1.807) is 18.2 Å². The van der Waals surface area contributed by atoms with Crippen molar-refractivity contribution in [1.29, 1.82) is 5.26 Å². The zero-order valence-corrected chi connectivity index (χ0v) is 11.9. The molecule has 0 aliphatic heterocycles. The molecule has 0 aliphatic rings. The summed E-state index contributed by atoms with van der Waals surface area (Å²) in [7, 11) is 0. The zero-order chi connectivity index (χ0) is 15.5. The summed E-state index contributed by atoms with van der Waals surface area (Å²) >= 11 is 0. The van der Waals surface area contributed by atoms with Gasteiger partial charge in [0.15, 0.2) is 5.52 Å². The minimum atomic E-state index is -0.463. The zero-order valence-electron chi connectivity index (χ0n) is 11.9. The molecule has 0 unspecified atom stereocenters. The lowest BCUT2D eigenvalue weighted by Gasteiger charge is -2.16. The standard InChI is InChI=1S/C15H15N3O3/c1-15(2,10-16)7-9-21-13-6-5-12(18(19)20)14-11(13)4-3-8-17-14/h3-6,8H,7,9H2,1-2H3. The average Bonchev–Trinajstić information content (AvgIpc) is 2.47. The number of nitro benzene ring substituents is 1. The fourth-order valence-electron chi connectivity index (χ4n) is 1.88. The fraction of sp³-hybridized carbons (Fsp3) is 0.333. The summed E-state index contributed by atoms with van der Waals surface area (Å²) in [5.74, 6) is 0.539. The quantitative estimate of drug-likeness (QED) is 0.620. The van der Waals surface area contributed by atoms with E-state index < -0.39 is 10.3 Å². The van der Waals surface area contributed by atoms with Crippen LogP contribution < -0.4 is 4.74 Å². The summed E-state index contributed by atoms with van der Waals surface area (Å²) in [6, 6.07) is 8.61. The van der Waals surface area contributed by atoms with Crippen molar-refractivity contribution in [3.05, 3.63) is 40.6 Å². The van der Waals surface area contributed by atoms with Crippen molar-refractivity contribution in [2.45, 2.75) is 20.3 Å². The highest BCUT2D eigenvalue weighted by atomic mass is 16.6. The van der Waals surface area contributed by atoms with Crippen LogP contribution in [0.4, 0.5) is 5.69 Å². The number of rotatable bonds is 5. The Morgan fingerprint density at radius 2 is 2.19 bits per heavy atom. The molecule has 1 aromatic carbocycles. The lowest BCUT2D eigenvalue weighted by atomic mass is 9.92. The van der Waals surface area contributed by atoms with E-state index in [2.05, 4.69) is 11.1 Å². The molecule has 0 bridgehead atoms. The van der Waals surface area contributed by atoms with Gasteiger partial charge in [0.05, 0.1) is 23.0 Å². The lowest BCUT2D eigenvalue weighted by Crippen LogP contribution is -2.13. The Labute approximate surface area is 122 Å². The second kappa shape index (κ2) is 5.75. The van der Waals surface area contributed by atoms with Crippen LogP contribution >= 0.6 is 0 Å². The van der Waals surface area contributed by atoms with Crippen molar-refractivity contribution in [2.75, 3.05) is 6.61 Å². The average molecular weight is 285 g/mol. The van der Waals surface area contributed by atoms with Crippen LogP contribution in [0.5, 0.6) is 5.75 Å². The number of fused-ring (bicyclic) bond motifs is 1. The molecular formula is C15H15N3O3. The molecule has 1 aromatic heterocycles. The van der Waals surface area contributed by atoms with Gasteiger partial charge in [-0.2, -0.15) is 5.26 Å². The van der Waals surface area contributed by atoms with Crippen LogP contribution in [0.3, 0.4) is 0 Å². The van der Waals surface area contributed by atoms with Crippen LogP contribution in [-0.4, -0.2) is 16.5 Å². The third-order valence-electron chi connectivity index (χ3n) is 3.19. The third kappa shape index (κ3) is 3.26. The molecule has 2 aromatic rings. The van der Waals surface area contributed by atoms with E-state index in [1.807, 2.05) is 13.8 Å². The van der Waals surface area contributed by atoms with Crippen LogP contribution in [0.25, 0.3) is 10.9 Å². The number of nitrogens with zero attached hydrogens (tertiary/aromatic N) is 3. The molecule has 0 spiro atoms. The molecule has 0 saturated carbocycles. The summed E-state index contributed by atoms with van der Waals surface area (Å²) in [4.78, 5) is 14.6. The maximum absolute atomic E-state index is 11.0. The van der Waals surface area contributed by atoms with Gasteiger partial charge < -0.3 is 4.74 Å². The predicted octanol–water partition coefficient (Wildman–Crippen LogP) is 3.46. The van der Waals surface area contributed by atoms with Gasteiger partial charge >= 0.3 is 0 Å². The van der Waals surface area contributed by atoms with Crippen molar-refractivity contribution in [1.82, 2.24) is 4.98 Å². The number of ether oxygens (including phenoxy) is 1. The van der Waals surface area contributed by atoms with E-state index in [-0.39, 0.29) is 5.69 Å². The monoisotopic (exact) mass is 285 g/mol. The van der Waals surface area contributed by atoms with Crippen molar-refractivity contribution in [2.24, 2.45) is 5.41 Å². The fourth-order valence-corrected chi connectivity index (χ4v) is 1.88. The lowest BCUT2D eigenvalue weighted by molar-refractivity contribution is -0.383. The van der Waals surface area contributed by atoms with Crippen molar-refractivity contribution < 1.29 is 9.66 Å². The molecule has 0 fully saturated rings. The van der Waals surface area contributed by atoms with E-state index in [4.69, 9.17) is 10.00 Å². The Morgan fingerprint density at radius 1 is 1.43 bits per heavy atom. The van der Waals surface area contributed by atoms with Crippen LogP contribution in [0.2, 0.25) is 0 Å². The maximum atomic E-state index is 11.0. The molecule has 0 radical (unpaired) electrons. The van der Waals surface area contributed by atoms with Crippen molar-refractivity contribution >= 4 is 16.6 Å². The van der Waals surface area contributed by atoms with Gasteiger partial charge in [0.1, 0.15) is 5.75 Å². The van der Waals surface area contributed by atoms with Crippen LogP contribution in [0, 0.1) is 26.9 Å². The molecule has 21 heavy (non-hydrogen) atoms. The number of non-ortho nitro benzene ring substituents is 1. The molecule has 0 saturated heterocycles. The summed E-state index contributed by atoms with van der Waals surface area (Å²) in [6.07, 6.45) is 2.08. The van der Waals surface area contributed by atoms with Gasteiger partial charge in [0.25, 0.3) is 5.69 Å². The summed E-state index contributed by atoms with van der Waals surface area (Å²) in [5.41, 5.74) is -0.204. The Hall–Kier alpha value is -2.68. The normalized spacial score (nSPS) is 11.1. The second-order valence-corrected chi connectivity index (χ2v) is 5.33. The molecule has 6 heteroatoms. The number of pyridine rings is 1. The SMILES string of the molecule is CC(C)(C#N)CCOc1ccc([N+](=O)[O-])c2ncccc12.